The quantitative estimate of drug-likeness (QED) is 0.513. The first-order valence-electron chi connectivity index (χ1n) is 6.18. The van der Waals surface area contributed by atoms with Crippen molar-refractivity contribution >= 4 is 39.3 Å². The number of nitrogens with zero attached hydrogens (tertiary/aromatic N) is 2. The minimum Gasteiger partial charge on any atom is -0.292 e. The van der Waals surface area contributed by atoms with Crippen molar-refractivity contribution in [3.05, 3.63) is 10.9 Å². The summed E-state index contributed by atoms with van der Waals surface area (Å²) in [4.78, 5) is 11.2. The third-order valence-electron chi connectivity index (χ3n) is 3.19. The second-order valence-electron chi connectivity index (χ2n) is 4.60. The van der Waals surface area contributed by atoms with E-state index < -0.39 is 0 Å². The molecule has 3 rings (SSSR count). The monoisotopic (exact) mass is 280 g/mol. The van der Waals surface area contributed by atoms with E-state index in [4.69, 9.17) is 5.84 Å². The molecule has 0 saturated heterocycles. The van der Waals surface area contributed by atoms with E-state index in [1.807, 2.05) is 11.8 Å². The van der Waals surface area contributed by atoms with Gasteiger partial charge in [-0.1, -0.05) is 12.8 Å². The first kappa shape index (κ1) is 12.2. The number of hydrogen-bond acceptors (Lipinski definition) is 6. The number of aromatic nitrogens is 2. The number of rotatable bonds is 3. The number of fused-ring (bicyclic) bond motifs is 1. The normalized spacial score (nSPS) is 16.6. The lowest BCUT2D eigenvalue weighted by Gasteiger charge is -2.09. The first-order valence-corrected chi connectivity index (χ1v) is 7.87. The second-order valence-corrected chi connectivity index (χ2v) is 7.12. The highest BCUT2D eigenvalue weighted by molar-refractivity contribution is 8.00. The molecular weight excluding hydrogens is 264 g/mol. The third-order valence-corrected chi connectivity index (χ3v) is 5.47. The van der Waals surface area contributed by atoms with Crippen LogP contribution < -0.4 is 11.3 Å². The van der Waals surface area contributed by atoms with Gasteiger partial charge in [-0.25, -0.2) is 15.8 Å². The Morgan fingerprint density at radius 3 is 2.89 bits per heavy atom. The number of hydrazine groups is 1. The van der Waals surface area contributed by atoms with Crippen LogP contribution in [0.25, 0.3) is 10.2 Å². The van der Waals surface area contributed by atoms with Crippen LogP contribution in [0.2, 0.25) is 0 Å². The second kappa shape index (κ2) is 5.03. The van der Waals surface area contributed by atoms with Crippen molar-refractivity contribution in [2.24, 2.45) is 5.84 Å². The largest absolute Gasteiger partial charge is 0.292 e. The fraction of sp³-hybridized carbons (Fsp3) is 0.500. The molecule has 2 heterocycles. The highest BCUT2D eigenvalue weighted by Crippen LogP contribution is 2.38. The highest BCUT2D eigenvalue weighted by Gasteiger charge is 2.19. The molecule has 0 amide bonds. The molecule has 2 aromatic heterocycles. The van der Waals surface area contributed by atoms with E-state index >= 15 is 0 Å². The van der Waals surface area contributed by atoms with Gasteiger partial charge >= 0.3 is 0 Å². The zero-order valence-electron chi connectivity index (χ0n) is 10.3. The van der Waals surface area contributed by atoms with Gasteiger partial charge in [0.25, 0.3) is 0 Å². The van der Waals surface area contributed by atoms with E-state index in [2.05, 4.69) is 28.4 Å². The van der Waals surface area contributed by atoms with Crippen LogP contribution in [0.1, 0.15) is 30.6 Å². The molecule has 0 spiro atoms. The van der Waals surface area contributed by atoms with Crippen LogP contribution in [0.5, 0.6) is 0 Å². The molecular formula is C12H16N4S2. The average Bonchev–Trinajstić information content (AvgIpc) is 2.97. The van der Waals surface area contributed by atoms with Crippen molar-refractivity contribution in [3.8, 4) is 0 Å². The molecule has 1 saturated carbocycles. The summed E-state index contributed by atoms with van der Waals surface area (Å²) < 4.78 is 0. The van der Waals surface area contributed by atoms with Crippen LogP contribution in [0.15, 0.2) is 11.1 Å². The minimum absolute atomic E-state index is 0.518. The predicted octanol–water partition coefficient (Wildman–Crippen LogP) is 3.32. The lowest BCUT2D eigenvalue weighted by molar-refractivity contribution is 0.886. The SMILES string of the molecule is Cc1cc2c(SC3CCCC3)nc(NN)nc2s1. The summed E-state index contributed by atoms with van der Waals surface area (Å²) in [6.45, 7) is 2.10. The molecule has 1 fully saturated rings. The number of nitrogens with one attached hydrogen (secondary N) is 1. The van der Waals surface area contributed by atoms with Crippen molar-refractivity contribution < 1.29 is 0 Å². The van der Waals surface area contributed by atoms with Crippen LogP contribution in [0, 0.1) is 6.92 Å². The van der Waals surface area contributed by atoms with Gasteiger partial charge < -0.3 is 0 Å². The van der Waals surface area contributed by atoms with Gasteiger partial charge in [-0.3, -0.25) is 5.43 Å². The zero-order valence-corrected chi connectivity index (χ0v) is 11.9. The standard InChI is InChI=1S/C12H16N4S2/c1-7-6-9-10(17-7)14-12(16-13)15-11(9)18-8-4-2-3-5-8/h6,8H,2-5,13H2,1H3,(H,14,15,16). The topological polar surface area (TPSA) is 63.8 Å². The molecule has 1 aliphatic carbocycles. The number of thiophene rings is 1. The number of nitrogens with two attached hydrogens (primary N) is 1. The number of aryl methyl sites for hydroxylation is 1. The van der Waals surface area contributed by atoms with Crippen molar-refractivity contribution in [2.45, 2.75) is 42.9 Å². The molecule has 4 nitrogen and oxygen atoms in total. The van der Waals surface area contributed by atoms with Crippen LogP contribution in [-0.4, -0.2) is 15.2 Å². The number of thioether (sulfide) groups is 1. The average molecular weight is 280 g/mol. The van der Waals surface area contributed by atoms with E-state index in [1.54, 1.807) is 11.3 Å². The summed E-state index contributed by atoms with van der Waals surface area (Å²) in [6.07, 6.45) is 5.28. The van der Waals surface area contributed by atoms with Gasteiger partial charge in [0.2, 0.25) is 5.95 Å². The maximum Gasteiger partial charge on any atom is 0.239 e. The summed E-state index contributed by atoms with van der Waals surface area (Å²) >= 11 is 3.58. The van der Waals surface area contributed by atoms with Crippen molar-refractivity contribution in [1.82, 2.24) is 9.97 Å². The number of nitrogen functional groups attached to an aromatic ring is 1. The summed E-state index contributed by atoms with van der Waals surface area (Å²) in [5.74, 6) is 5.96. The first-order chi connectivity index (χ1) is 8.76. The molecule has 0 aromatic carbocycles. The molecule has 0 radical (unpaired) electrons. The Morgan fingerprint density at radius 1 is 1.39 bits per heavy atom. The lowest BCUT2D eigenvalue weighted by Crippen LogP contribution is -2.11. The Labute approximate surface area is 114 Å². The smallest absolute Gasteiger partial charge is 0.239 e. The maximum absolute atomic E-state index is 5.45. The van der Waals surface area contributed by atoms with Crippen molar-refractivity contribution in [2.75, 3.05) is 5.43 Å². The van der Waals surface area contributed by atoms with Crippen molar-refractivity contribution in [3.63, 3.8) is 0 Å². The molecule has 96 valence electrons. The Kier molecular flexibility index (Phi) is 3.41. The van der Waals surface area contributed by atoms with Gasteiger partial charge in [-0.05, 0) is 25.8 Å². The van der Waals surface area contributed by atoms with E-state index in [0.717, 1.165) is 9.86 Å². The molecule has 3 N–H and O–H groups in total. The summed E-state index contributed by atoms with van der Waals surface area (Å²) in [5.41, 5.74) is 2.56. The van der Waals surface area contributed by atoms with Crippen LogP contribution >= 0.6 is 23.1 Å². The molecule has 2 aromatic rings. The number of hydrogen-bond donors (Lipinski definition) is 2. The van der Waals surface area contributed by atoms with E-state index in [1.165, 1.54) is 35.9 Å². The molecule has 0 aliphatic heterocycles. The lowest BCUT2D eigenvalue weighted by atomic mass is 10.4. The van der Waals surface area contributed by atoms with Crippen LogP contribution in [0.3, 0.4) is 0 Å². The number of anilines is 1. The predicted molar refractivity (Wildman–Crippen MR) is 78.1 cm³/mol. The summed E-state index contributed by atoms with van der Waals surface area (Å²) in [5, 5.41) is 2.95. The molecule has 0 atom stereocenters. The Bertz CT molecular complexity index is 560. The fourth-order valence-corrected chi connectivity index (χ4v) is 4.58. The molecule has 18 heavy (non-hydrogen) atoms. The van der Waals surface area contributed by atoms with E-state index in [9.17, 15) is 0 Å². The van der Waals surface area contributed by atoms with Crippen LogP contribution in [0.4, 0.5) is 5.95 Å². The van der Waals surface area contributed by atoms with Gasteiger partial charge in [0.05, 0.1) is 0 Å². The molecule has 0 bridgehead atoms. The fourth-order valence-electron chi connectivity index (χ4n) is 2.33. The van der Waals surface area contributed by atoms with Gasteiger partial charge in [0.15, 0.2) is 0 Å². The van der Waals surface area contributed by atoms with E-state index in [-0.39, 0.29) is 0 Å². The Hall–Kier alpha value is -0.850. The Morgan fingerprint density at radius 2 is 2.17 bits per heavy atom. The van der Waals surface area contributed by atoms with Crippen molar-refractivity contribution in [1.29, 1.82) is 0 Å². The summed E-state index contributed by atoms with van der Waals surface area (Å²) in [7, 11) is 0. The molecule has 1 aliphatic rings. The Balaban J connectivity index is 2.01. The van der Waals surface area contributed by atoms with Gasteiger partial charge in [-0.2, -0.15) is 0 Å². The van der Waals surface area contributed by atoms with E-state index in [0.29, 0.717) is 11.2 Å². The minimum atomic E-state index is 0.518. The molecule has 6 heteroatoms. The van der Waals surface area contributed by atoms with Gasteiger partial charge in [0.1, 0.15) is 9.86 Å². The summed E-state index contributed by atoms with van der Waals surface area (Å²) in [6, 6.07) is 2.18. The zero-order chi connectivity index (χ0) is 12.5. The highest BCUT2D eigenvalue weighted by atomic mass is 32.2. The molecule has 0 unspecified atom stereocenters. The van der Waals surface area contributed by atoms with Gasteiger partial charge in [-0.15, -0.1) is 23.1 Å². The maximum atomic E-state index is 5.45. The van der Waals surface area contributed by atoms with Crippen LogP contribution in [-0.2, 0) is 0 Å². The third kappa shape index (κ3) is 2.32. The van der Waals surface area contributed by atoms with Gasteiger partial charge in [0, 0.05) is 15.5 Å².